The lowest BCUT2D eigenvalue weighted by Crippen LogP contribution is -2.34. The Bertz CT molecular complexity index is 603. The maximum atomic E-state index is 12.2. The van der Waals surface area contributed by atoms with Crippen molar-refractivity contribution in [1.82, 2.24) is 9.88 Å². The number of rotatable bonds is 2. The first-order valence-electron chi connectivity index (χ1n) is 6.64. The fourth-order valence-corrected chi connectivity index (χ4v) is 4.45. The molecule has 0 saturated carbocycles. The van der Waals surface area contributed by atoms with Gasteiger partial charge in [-0.2, -0.15) is 0 Å². The molecule has 2 amide bonds. The van der Waals surface area contributed by atoms with Gasteiger partial charge in [0.15, 0.2) is 5.13 Å². The number of likely N-dealkylation sites (tertiary alicyclic amines) is 1. The van der Waals surface area contributed by atoms with Gasteiger partial charge in [-0.3, -0.25) is 5.32 Å². The molecular formula is C13H17N3O2S2. The van der Waals surface area contributed by atoms with Crippen LogP contribution < -0.4 is 5.32 Å². The first kappa shape index (κ1) is 13.8. The Morgan fingerprint density at radius 3 is 3.05 bits per heavy atom. The third kappa shape index (κ3) is 2.65. The number of urea groups is 1. The van der Waals surface area contributed by atoms with Crippen LogP contribution in [0.15, 0.2) is 6.07 Å². The summed E-state index contributed by atoms with van der Waals surface area (Å²) in [6.07, 6.45) is 0.498. The van der Waals surface area contributed by atoms with Crippen LogP contribution in [0.25, 0.3) is 9.53 Å². The van der Waals surface area contributed by atoms with Crippen molar-refractivity contribution in [3.8, 4) is 0 Å². The van der Waals surface area contributed by atoms with Gasteiger partial charge >= 0.3 is 6.03 Å². The molecule has 1 fully saturated rings. The van der Waals surface area contributed by atoms with Crippen LogP contribution in [0.5, 0.6) is 0 Å². The molecule has 7 heteroatoms. The molecule has 0 bridgehead atoms. The van der Waals surface area contributed by atoms with Gasteiger partial charge in [0.05, 0.1) is 10.8 Å². The highest BCUT2D eigenvalue weighted by Crippen LogP contribution is 2.32. The van der Waals surface area contributed by atoms with Gasteiger partial charge in [0.1, 0.15) is 4.83 Å². The van der Waals surface area contributed by atoms with Gasteiger partial charge in [-0.1, -0.05) is 11.3 Å². The molecule has 1 aliphatic rings. The van der Waals surface area contributed by atoms with Crippen LogP contribution in [0.1, 0.15) is 18.2 Å². The summed E-state index contributed by atoms with van der Waals surface area (Å²) in [5.74, 6) is 0.184. The Labute approximate surface area is 125 Å². The number of carbonyl (C=O) groups is 1. The Morgan fingerprint density at radius 1 is 1.60 bits per heavy atom. The minimum absolute atomic E-state index is 0.119. The standard InChI is InChI=1S/C13H17N3O2S2/c1-7-5-10-11(19-7)14-12(20-10)15-13(18)16-4-3-9(6-16)8(2)17/h5,8-9,17H,3-4,6H2,1-2H3,(H,14,15,18)/t8-,9-/m0/s1. The van der Waals surface area contributed by atoms with E-state index in [1.807, 2.05) is 0 Å². The maximum absolute atomic E-state index is 12.2. The SMILES string of the molecule is Cc1cc2sc(NC(=O)N3CC[C@H]([C@H](C)O)C3)nc2s1. The Hall–Kier alpha value is -1.18. The fraction of sp³-hybridized carbons (Fsp3) is 0.538. The average Bonchev–Trinajstić information content (AvgIpc) is 3.02. The van der Waals surface area contributed by atoms with Crippen molar-refractivity contribution in [1.29, 1.82) is 0 Å². The van der Waals surface area contributed by atoms with Crippen molar-refractivity contribution in [3.63, 3.8) is 0 Å². The number of aromatic nitrogens is 1. The molecule has 2 N–H and O–H groups in total. The minimum Gasteiger partial charge on any atom is -0.393 e. The molecule has 108 valence electrons. The second-order valence-electron chi connectivity index (χ2n) is 5.21. The number of carbonyl (C=O) groups excluding carboxylic acids is 1. The number of fused-ring (bicyclic) bond motifs is 1. The molecule has 0 radical (unpaired) electrons. The van der Waals surface area contributed by atoms with Crippen LogP contribution in [0.2, 0.25) is 0 Å². The van der Waals surface area contributed by atoms with Gasteiger partial charge in [0.2, 0.25) is 0 Å². The summed E-state index contributed by atoms with van der Waals surface area (Å²) >= 11 is 3.14. The third-order valence-corrected chi connectivity index (χ3v) is 5.61. The van der Waals surface area contributed by atoms with Gasteiger partial charge in [0.25, 0.3) is 0 Å². The van der Waals surface area contributed by atoms with E-state index in [4.69, 9.17) is 0 Å². The molecule has 2 aromatic rings. The van der Waals surface area contributed by atoms with E-state index in [1.54, 1.807) is 23.2 Å². The van der Waals surface area contributed by atoms with Crippen LogP contribution in [-0.2, 0) is 0 Å². The lowest BCUT2D eigenvalue weighted by molar-refractivity contribution is 0.130. The number of aliphatic hydroxyl groups is 1. The molecule has 1 aliphatic heterocycles. The van der Waals surface area contributed by atoms with E-state index in [-0.39, 0.29) is 18.1 Å². The first-order valence-corrected chi connectivity index (χ1v) is 8.27. The van der Waals surface area contributed by atoms with E-state index < -0.39 is 0 Å². The molecule has 0 aliphatic carbocycles. The van der Waals surface area contributed by atoms with Gasteiger partial charge < -0.3 is 10.0 Å². The van der Waals surface area contributed by atoms with Crippen LogP contribution >= 0.6 is 22.7 Å². The highest BCUT2D eigenvalue weighted by atomic mass is 32.1. The van der Waals surface area contributed by atoms with Crippen LogP contribution in [0.3, 0.4) is 0 Å². The van der Waals surface area contributed by atoms with Crippen molar-refractivity contribution in [2.45, 2.75) is 26.4 Å². The summed E-state index contributed by atoms with van der Waals surface area (Å²) in [5.41, 5.74) is 0. The topological polar surface area (TPSA) is 65.5 Å². The number of thiazole rings is 1. The Balaban J connectivity index is 1.65. The summed E-state index contributed by atoms with van der Waals surface area (Å²) < 4.78 is 1.12. The van der Waals surface area contributed by atoms with E-state index in [0.29, 0.717) is 18.2 Å². The number of thiophene rings is 1. The number of nitrogens with one attached hydrogen (secondary N) is 1. The average molecular weight is 311 g/mol. The predicted octanol–water partition coefficient (Wildman–Crippen LogP) is 2.90. The lowest BCUT2D eigenvalue weighted by Gasteiger charge is -2.17. The molecule has 3 heterocycles. The number of amides is 2. The fourth-order valence-electron chi connectivity index (χ4n) is 2.44. The van der Waals surface area contributed by atoms with Crippen LogP contribution in [0.4, 0.5) is 9.93 Å². The number of aliphatic hydroxyl groups excluding tert-OH is 1. The molecule has 3 rings (SSSR count). The van der Waals surface area contributed by atoms with Crippen molar-refractivity contribution in [2.24, 2.45) is 5.92 Å². The van der Waals surface area contributed by atoms with Crippen molar-refractivity contribution in [2.75, 3.05) is 18.4 Å². The van der Waals surface area contributed by atoms with Crippen molar-refractivity contribution < 1.29 is 9.90 Å². The summed E-state index contributed by atoms with van der Waals surface area (Å²) in [6.45, 7) is 5.14. The summed E-state index contributed by atoms with van der Waals surface area (Å²) in [5, 5.41) is 13.1. The number of hydrogen-bond acceptors (Lipinski definition) is 5. The zero-order valence-electron chi connectivity index (χ0n) is 11.4. The summed E-state index contributed by atoms with van der Waals surface area (Å²) in [7, 11) is 0. The van der Waals surface area contributed by atoms with E-state index in [2.05, 4.69) is 23.3 Å². The molecule has 5 nitrogen and oxygen atoms in total. The first-order chi connectivity index (χ1) is 9.52. The number of aryl methyl sites for hydroxylation is 1. The summed E-state index contributed by atoms with van der Waals surface area (Å²) in [6, 6.07) is 1.97. The highest BCUT2D eigenvalue weighted by Gasteiger charge is 2.29. The second kappa shape index (κ2) is 5.31. The molecule has 0 unspecified atom stereocenters. The largest absolute Gasteiger partial charge is 0.393 e. The zero-order chi connectivity index (χ0) is 14.3. The van der Waals surface area contributed by atoms with E-state index in [9.17, 15) is 9.90 Å². The number of hydrogen-bond donors (Lipinski definition) is 2. The molecule has 1 saturated heterocycles. The predicted molar refractivity (Wildman–Crippen MR) is 82.6 cm³/mol. The van der Waals surface area contributed by atoms with Crippen molar-refractivity contribution in [3.05, 3.63) is 10.9 Å². The van der Waals surface area contributed by atoms with E-state index in [1.165, 1.54) is 16.2 Å². The third-order valence-electron chi connectivity index (χ3n) is 3.62. The second-order valence-corrected chi connectivity index (χ2v) is 7.48. The molecular weight excluding hydrogens is 294 g/mol. The molecule has 0 aromatic carbocycles. The van der Waals surface area contributed by atoms with Gasteiger partial charge in [-0.15, -0.1) is 11.3 Å². The molecule has 20 heavy (non-hydrogen) atoms. The Morgan fingerprint density at radius 2 is 2.40 bits per heavy atom. The Kier molecular flexibility index (Phi) is 3.66. The molecule has 2 aromatic heterocycles. The van der Waals surface area contributed by atoms with Gasteiger partial charge in [0, 0.05) is 23.9 Å². The number of nitrogens with zero attached hydrogens (tertiary/aromatic N) is 2. The zero-order valence-corrected chi connectivity index (χ0v) is 13.1. The minimum atomic E-state index is -0.360. The monoisotopic (exact) mass is 311 g/mol. The molecule has 2 atom stereocenters. The van der Waals surface area contributed by atoms with E-state index >= 15 is 0 Å². The van der Waals surface area contributed by atoms with Crippen LogP contribution in [0, 0.1) is 12.8 Å². The van der Waals surface area contributed by atoms with Crippen molar-refractivity contribution >= 4 is 43.4 Å². The van der Waals surface area contributed by atoms with Gasteiger partial charge in [-0.05, 0) is 26.3 Å². The summed E-state index contributed by atoms with van der Waals surface area (Å²) in [4.78, 5) is 20.5. The molecule has 0 spiro atoms. The highest BCUT2D eigenvalue weighted by molar-refractivity contribution is 7.29. The van der Waals surface area contributed by atoms with Crippen LogP contribution in [-0.4, -0.2) is 40.2 Å². The smallest absolute Gasteiger partial charge is 0.323 e. The van der Waals surface area contributed by atoms with Gasteiger partial charge in [-0.25, -0.2) is 9.78 Å². The van der Waals surface area contributed by atoms with E-state index in [0.717, 1.165) is 16.0 Å². The maximum Gasteiger partial charge on any atom is 0.323 e. The number of anilines is 1. The lowest BCUT2D eigenvalue weighted by atomic mass is 10.0. The normalized spacial score (nSPS) is 20.6. The quantitative estimate of drug-likeness (QED) is 0.896.